The second kappa shape index (κ2) is 5.27. The number of halogens is 1. The Hall–Kier alpha value is -0.430. The highest BCUT2D eigenvalue weighted by molar-refractivity contribution is 14.1. The summed E-state index contributed by atoms with van der Waals surface area (Å²) in [5.74, 6) is 0.597. The predicted molar refractivity (Wildman–Crippen MR) is 71.3 cm³/mol. The highest BCUT2D eigenvalue weighted by atomic mass is 127. The zero-order chi connectivity index (χ0) is 11.4. The molecule has 2 rings (SSSR count). The summed E-state index contributed by atoms with van der Waals surface area (Å²) < 4.78 is 1.01. The second-order valence-corrected chi connectivity index (χ2v) is 5.61. The van der Waals surface area contributed by atoms with Gasteiger partial charge in [0.1, 0.15) is 0 Å². The summed E-state index contributed by atoms with van der Waals surface area (Å²) in [5, 5.41) is 13.4. The first-order valence-electron chi connectivity index (χ1n) is 5.62. The third-order valence-corrected chi connectivity index (χ3v) is 3.54. The molecule has 4 nitrogen and oxygen atoms in total. The molecule has 2 N–H and O–H groups in total. The summed E-state index contributed by atoms with van der Waals surface area (Å²) in [7, 11) is 0. The van der Waals surface area contributed by atoms with Crippen LogP contribution < -0.4 is 5.32 Å². The summed E-state index contributed by atoms with van der Waals surface area (Å²) >= 11 is 2.17. The number of nitrogens with zero attached hydrogens (tertiary/aromatic N) is 2. The van der Waals surface area contributed by atoms with Gasteiger partial charge >= 0.3 is 0 Å². The molecule has 0 aliphatic heterocycles. The lowest BCUT2D eigenvalue weighted by Gasteiger charge is -2.32. The highest BCUT2D eigenvalue weighted by Crippen LogP contribution is 2.27. The predicted octanol–water partition coefficient (Wildman–Crippen LogP) is 2.19. The van der Waals surface area contributed by atoms with Crippen LogP contribution >= 0.6 is 22.6 Å². The van der Waals surface area contributed by atoms with Crippen molar-refractivity contribution in [2.45, 2.75) is 37.7 Å². The maximum absolute atomic E-state index is 10.3. The van der Waals surface area contributed by atoms with Crippen molar-refractivity contribution in [3.05, 3.63) is 16.0 Å². The molecule has 0 bridgehead atoms. The Kier molecular flexibility index (Phi) is 3.96. The average Bonchev–Trinajstić information content (AvgIpc) is 2.29. The number of nitrogens with one attached hydrogen (secondary N) is 1. The van der Waals surface area contributed by atoms with E-state index in [0.29, 0.717) is 12.5 Å². The molecule has 1 aromatic rings. The molecule has 1 heterocycles. The Morgan fingerprint density at radius 1 is 1.25 bits per heavy atom. The van der Waals surface area contributed by atoms with E-state index in [2.05, 4.69) is 37.9 Å². The van der Waals surface area contributed by atoms with Crippen molar-refractivity contribution in [1.82, 2.24) is 9.97 Å². The van der Waals surface area contributed by atoms with Gasteiger partial charge in [-0.15, -0.1) is 0 Å². The van der Waals surface area contributed by atoms with Crippen LogP contribution in [0.2, 0.25) is 0 Å². The fraction of sp³-hybridized carbons (Fsp3) is 0.636. The maximum atomic E-state index is 10.3. The lowest BCUT2D eigenvalue weighted by molar-refractivity contribution is 0.0166. The molecule has 1 aromatic heterocycles. The number of hydrogen-bond donors (Lipinski definition) is 2. The Balaban J connectivity index is 1.88. The van der Waals surface area contributed by atoms with Gasteiger partial charge in [-0.3, -0.25) is 0 Å². The first-order chi connectivity index (χ1) is 7.68. The van der Waals surface area contributed by atoms with Crippen LogP contribution in [0.1, 0.15) is 32.1 Å². The zero-order valence-electron chi connectivity index (χ0n) is 9.12. The van der Waals surface area contributed by atoms with Crippen molar-refractivity contribution in [2.24, 2.45) is 0 Å². The van der Waals surface area contributed by atoms with Gasteiger partial charge in [0.05, 0.1) is 5.60 Å². The van der Waals surface area contributed by atoms with Gasteiger partial charge in [0.15, 0.2) is 0 Å². The monoisotopic (exact) mass is 333 g/mol. The second-order valence-electron chi connectivity index (χ2n) is 4.36. The Bertz CT molecular complexity index is 336. The first kappa shape index (κ1) is 12.0. The summed E-state index contributed by atoms with van der Waals surface area (Å²) in [6.07, 6.45) is 8.76. The van der Waals surface area contributed by atoms with E-state index in [4.69, 9.17) is 0 Å². The van der Waals surface area contributed by atoms with E-state index in [1.165, 1.54) is 6.42 Å². The lowest BCUT2D eigenvalue weighted by Crippen LogP contribution is -2.39. The van der Waals surface area contributed by atoms with Gasteiger partial charge in [0.25, 0.3) is 0 Å². The molecule has 1 aliphatic carbocycles. The van der Waals surface area contributed by atoms with Gasteiger partial charge in [0.2, 0.25) is 5.95 Å². The van der Waals surface area contributed by atoms with Crippen molar-refractivity contribution in [3.63, 3.8) is 0 Å². The third-order valence-electron chi connectivity index (χ3n) is 2.98. The van der Waals surface area contributed by atoms with Gasteiger partial charge in [-0.1, -0.05) is 19.3 Å². The minimum Gasteiger partial charge on any atom is -0.388 e. The molecule has 0 spiro atoms. The number of hydrogen-bond acceptors (Lipinski definition) is 4. The molecular weight excluding hydrogens is 317 g/mol. The van der Waals surface area contributed by atoms with Gasteiger partial charge < -0.3 is 10.4 Å². The van der Waals surface area contributed by atoms with Crippen molar-refractivity contribution in [2.75, 3.05) is 11.9 Å². The van der Waals surface area contributed by atoms with Gasteiger partial charge in [-0.2, -0.15) is 0 Å². The van der Waals surface area contributed by atoms with Crippen LogP contribution in [0, 0.1) is 3.57 Å². The topological polar surface area (TPSA) is 58.0 Å². The van der Waals surface area contributed by atoms with Crippen LogP contribution in [-0.4, -0.2) is 27.2 Å². The molecule has 0 saturated heterocycles. The number of aliphatic hydroxyl groups is 1. The van der Waals surface area contributed by atoms with E-state index < -0.39 is 5.60 Å². The van der Waals surface area contributed by atoms with Crippen LogP contribution in [0.3, 0.4) is 0 Å². The molecule has 0 atom stereocenters. The van der Waals surface area contributed by atoms with Crippen LogP contribution in [0.4, 0.5) is 5.95 Å². The molecule has 16 heavy (non-hydrogen) atoms. The quantitative estimate of drug-likeness (QED) is 0.833. The largest absolute Gasteiger partial charge is 0.388 e. The Morgan fingerprint density at radius 3 is 2.50 bits per heavy atom. The number of aromatic nitrogens is 2. The third kappa shape index (κ3) is 3.28. The summed E-state index contributed by atoms with van der Waals surface area (Å²) in [5.41, 5.74) is -0.565. The Labute approximate surface area is 109 Å². The SMILES string of the molecule is OC1(CNc2ncc(I)cn2)CCCCC1. The fourth-order valence-corrected chi connectivity index (χ4v) is 2.31. The minimum absolute atomic E-state index is 0.549. The standard InChI is InChI=1S/C11H16IN3O/c12-9-6-13-10(14-7-9)15-8-11(16)4-2-1-3-5-11/h6-7,16H,1-5,8H2,(H,13,14,15). The van der Waals surface area contributed by atoms with Gasteiger partial charge in [-0.25, -0.2) is 9.97 Å². The smallest absolute Gasteiger partial charge is 0.222 e. The minimum atomic E-state index is -0.565. The van der Waals surface area contributed by atoms with Gasteiger partial charge in [-0.05, 0) is 35.4 Å². The highest BCUT2D eigenvalue weighted by Gasteiger charge is 2.28. The van der Waals surface area contributed by atoms with E-state index in [-0.39, 0.29) is 0 Å². The van der Waals surface area contributed by atoms with E-state index in [9.17, 15) is 5.11 Å². The maximum Gasteiger partial charge on any atom is 0.222 e. The molecule has 1 aliphatic rings. The van der Waals surface area contributed by atoms with Crippen molar-refractivity contribution >= 4 is 28.5 Å². The van der Waals surface area contributed by atoms with E-state index >= 15 is 0 Å². The van der Waals surface area contributed by atoms with E-state index in [1.54, 1.807) is 12.4 Å². The number of rotatable bonds is 3. The van der Waals surface area contributed by atoms with Crippen LogP contribution in [0.15, 0.2) is 12.4 Å². The molecule has 0 aromatic carbocycles. The lowest BCUT2D eigenvalue weighted by atomic mass is 9.85. The molecule has 0 amide bonds. The molecule has 1 saturated carbocycles. The average molecular weight is 333 g/mol. The van der Waals surface area contributed by atoms with E-state index in [1.807, 2.05) is 0 Å². The summed E-state index contributed by atoms with van der Waals surface area (Å²) in [6.45, 7) is 0.549. The molecule has 0 radical (unpaired) electrons. The Morgan fingerprint density at radius 2 is 1.88 bits per heavy atom. The van der Waals surface area contributed by atoms with Crippen molar-refractivity contribution in [1.29, 1.82) is 0 Å². The molecular formula is C11H16IN3O. The summed E-state index contributed by atoms with van der Waals surface area (Å²) in [4.78, 5) is 8.31. The van der Waals surface area contributed by atoms with Crippen molar-refractivity contribution < 1.29 is 5.11 Å². The van der Waals surface area contributed by atoms with Crippen LogP contribution in [0.25, 0.3) is 0 Å². The van der Waals surface area contributed by atoms with Crippen LogP contribution in [0.5, 0.6) is 0 Å². The van der Waals surface area contributed by atoms with Crippen molar-refractivity contribution in [3.8, 4) is 0 Å². The molecule has 88 valence electrons. The van der Waals surface area contributed by atoms with Gasteiger partial charge in [0, 0.05) is 22.5 Å². The first-order valence-corrected chi connectivity index (χ1v) is 6.70. The summed E-state index contributed by atoms with van der Waals surface area (Å²) in [6, 6.07) is 0. The molecule has 0 unspecified atom stereocenters. The van der Waals surface area contributed by atoms with E-state index in [0.717, 1.165) is 29.3 Å². The zero-order valence-corrected chi connectivity index (χ0v) is 11.3. The normalized spacial score (nSPS) is 19.4. The molecule has 1 fully saturated rings. The molecule has 5 heteroatoms. The fourth-order valence-electron chi connectivity index (χ4n) is 2.03. The van der Waals surface area contributed by atoms with Crippen LogP contribution in [-0.2, 0) is 0 Å². The number of anilines is 1.